The molecule has 1 aromatic heterocycles. The maximum Gasteiger partial charge on any atom is 0.236 e. The van der Waals surface area contributed by atoms with Gasteiger partial charge in [0.05, 0.1) is 5.75 Å². The number of halogens is 2. The molecule has 130 valence electrons. The van der Waals surface area contributed by atoms with Gasteiger partial charge in [-0.2, -0.15) is 16.7 Å². The second-order valence-corrected chi connectivity index (χ2v) is 7.47. The fourth-order valence-electron chi connectivity index (χ4n) is 2.61. The van der Waals surface area contributed by atoms with E-state index >= 15 is 0 Å². The molecule has 0 radical (unpaired) electrons. The van der Waals surface area contributed by atoms with Crippen molar-refractivity contribution in [2.75, 3.05) is 11.5 Å². The van der Waals surface area contributed by atoms with Gasteiger partial charge in [0.1, 0.15) is 0 Å². The zero-order valence-electron chi connectivity index (χ0n) is 13.6. The standard InChI is InChI=1S/C18H17Cl2N3OS/c1-11-22-18(24-23-11)10-25-9-15(13-4-2-3-5-16(13)20)14-8-12(19)6-7-17(14)21/h2-8,15H,9-10,21H2,1H3. The highest BCUT2D eigenvalue weighted by Crippen LogP contribution is 2.37. The quantitative estimate of drug-likeness (QED) is 0.573. The molecule has 0 aliphatic heterocycles. The van der Waals surface area contributed by atoms with Crippen molar-refractivity contribution in [2.45, 2.75) is 18.6 Å². The van der Waals surface area contributed by atoms with Crippen LogP contribution in [0.4, 0.5) is 5.69 Å². The largest absolute Gasteiger partial charge is 0.398 e. The Balaban J connectivity index is 1.86. The number of anilines is 1. The molecule has 0 aliphatic carbocycles. The Kier molecular flexibility index (Phi) is 5.89. The Morgan fingerprint density at radius 1 is 1.16 bits per heavy atom. The van der Waals surface area contributed by atoms with Gasteiger partial charge in [-0.3, -0.25) is 0 Å². The summed E-state index contributed by atoms with van der Waals surface area (Å²) in [6.45, 7) is 1.80. The molecule has 25 heavy (non-hydrogen) atoms. The van der Waals surface area contributed by atoms with Crippen molar-refractivity contribution in [1.29, 1.82) is 0 Å². The van der Waals surface area contributed by atoms with Gasteiger partial charge < -0.3 is 10.3 Å². The molecule has 2 N–H and O–H groups in total. The van der Waals surface area contributed by atoms with E-state index in [2.05, 4.69) is 10.1 Å². The van der Waals surface area contributed by atoms with Crippen LogP contribution in [0.5, 0.6) is 0 Å². The molecule has 0 fully saturated rings. The molecule has 1 heterocycles. The number of nitrogens with zero attached hydrogens (tertiary/aromatic N) is 2. The number of hydrogen-bond donors (Lipinski definition) is 1. The lowest BCUT2D eigenvalue weighted by atomic mass is 9.91. The number of thioether (sulfide) groups is 1. The van der Waals surface area contributed by atoms with Crippen LogP contribution < -0.4 is 5.73 Å². The molecule has 0 amide bonds. The summed E-state index contributed by atoms with van der Waals surface area (Å²) in [6, 6.07) is 13.3. The fourth-order valence-corrected chi connectivity index (χ4v) is 4.07. The molecule has 2 aromatic carbocycles. The molecule has 0 bridgehead atoms. The molecule has 1 unspecified atom stereocenters. The van der Waals surface area contributed by atoms with E-state index in [0.717, 1.165) is 16.9 Å². The van der Waals surface area contributed by atoms with E-state index in [1.807, 2.05) is 36.4 Å². The third-order valence-electron chi connectivity index (χ3n) is 3.78. The molecule has 0 aliphatic rings. The van der Waals surface area contributed by atoms with Crippen molar-refractivity contribution in [3.63, 3.8) is 0 Å². The minimum Gasteiger partial charge on any atom is -0.398 e. The second-order valence-electron chi connectivity index (χ2n) is 5.60. The summed E-state index contributed by atoms with van der Waals surface area (Å²) < 4.78 is 5.17. The molecule has 0 spiro atoms. The maximum absolute atomic E-state index is 6.44. The molecule has 3 aromatic rings. The van der Waals surface area contributed by atoms with Crippen molar-refractivity contribution < 1.29 is 4.52 Å². The number of nitrogens with two attached hydrogens (primary N) is 1. The zero-order valence-corrected chi connectivity index (χ0v) is 15.9. The highest BCUT2D eigenvalue weighted by atomic mass is 35.5. The van der Waals surface area contributed by atoms with Gasteiger partial charge in [-0.15, -0.1) is 0 Å². The van der Waals surface area contributed by atoms with Gasteiger partial charge in [0.15, 0.2) is 5.82 Å². The number of benzene rings is 2. The SMILES string of the molecule is Cc1noc(CSCC(c2cc(Cl)ccc2N)c2ccccc2Cl)n1. The van der Waals surface area contributed by atoms with Crippen LogP contribution in [0.15, 0.2) is 47.0 Å². The number of rotatable bonds is 6. The van der Waals surface area contributed by atoms with E-state index in [4.69, 9.17) is 33.5 Å². The summed E-state index contributed by atoms with van der Waals surface area (Å²) in [5.41, 5.74) is 8.90. The first-order valence-electron chi connectivity index (χ1n) is 7.71. The zero-order chi connectivity index (χ0) is 17.8. The average Bonchev–Trinajstić information content (AvgIpc) is 3.00. The second kappa shape index (κ2) is 8.13. The van der Waals surface area contributed by atoms with E-state index < -0.39 is 0 Å². The predicted molar refractivity (Wildman–Crippen MR) is 104 cm³/mol. The molecule has 4 nitrogen and oxygen atoms in total. The summed E-state index contributed by atoms with van der Waals surface area (Å²) in [4.78, 5) is 4.23. The van der Waals surface area contributed by atoms with Gasteiger partial charge in [-0.25, -0.2) is 0 Å². The van der Waals surface area contributed by atoms with Crippen molar-refractivity contribution in [3.05, 3.63) is 75.4 Å². The van der Waals surface area contributed by atoms with Crippen LogP contribution in [0.2, 0.25) is 10.0 Å². The average molecular weight is 394 g/mol. The Morgan fingerprint density at radius 2 is 1.96 bits per heavy atom. The fraction of sp³-hybridized carbons (Fsp3) is 0.222. The van der Waals surface area contributed by atoms with Gasteiger partial charge in [-0.1, -0.05) is 46.6 Å². The molecule has 3 rings (SSSR count). The molecule has 0 saturated carbocycles. The van der Waals surface area contributed by atoms with Crippen LogP contribution in [0.1, 0.15) is 28.8 Å². The molecule has 7 heteroatoms. The Labute approximate surface area is 160 Å². The summed E-state index contributed by atoms with van der Waals surface area (Å²) in [6.07, 6.45) is 0. The number of hydrogen-bond acceptors (Lipinski definition) is 5. The summed E-state index contributed by atoms with van der Waals surface area (Å²) in [5.74, 6) is 2.65. The minimum atomic E-state index is 0.0152. The lowest BCUT2D eigenvalue weighted by molar-refractivity contribution is 0.387. The molecular formula is C18H17Cl2N3OS. The monoisotopic (exact) mass is 393 g/mol. The van der Waals surface area contributed by atoms with Gasteiger partial charge in [0.2, 0.25) is 5.89 Å². The van der Waals surface area contributed by atoms with E-state index in [1.165, 1.54) is 0 Å². The van der Waals surface area contributed by atoms with Crippen LogP contribution in [-0.4, -0.2) is 15.9 Å². The Bertz CT molecular complexity index is 869. The van der Waals surface area contributed by atoms with E-state index in [9.17, 15) is 0 Å². The van der Waals surface area contributed by atoms with E-state index in [0.29, 0.717) is 33.2 Å². The van der Waals surface area contributed by atoms with Crippen molar-refractivity contribution in [3.8, 4) is 0 Å². The first-order chi connectivity index (χ1) is 12.0. The van der Waals surface area contributed by atoms with Crippen molar-refractivity contribution >= 4 is 40.7 Å². The number of aryl methyl sites for hydroxylation is 1. The summed E-state index contributed by atoms with van der Waals surface area (Å²) >= 11 is 14.3. The third-order valence-corrected chi connectivity index (χ3v) is 5.38. The number of aromatic nitrogens is 2. The van der Waals surface area contributed by atoms with E-state index in [-0.39, 0.29) is 5.92 Å². The topological polar surface area (TPSA) is 64.9 Å². The predicted octanol–water partition coefficient (Wildman–Crippen LogP) is 5.33. The third kappa shape index (κ3) is 4.48. The van der Waals surface area contributed by atoms with Crippen molar-refractivity contribution in [1.82, 2.24) is 10.1 Å². The first-order valence-corrected chi connectivity index (χ1v) is 9.62. The van der Waals surface area contributed by atoms with Crippen LogP contribution in [-0.2, 0) is 5.75 Å². The van der Waals surface area contributed by atoms with E-state index in [1.54, 1.807) is 24.8 Å². The molecule has 1 atom stereocenters. The van der Waals surface area contributed by atoms with Crippen LogP contribution in [0, 0.1) is 6.92 Å². The highest BCUT2D eigenvalue weighted by Gasteiger charge is 2.20. The highest BCUT2D eigenvalue weighted by molar-refractivity contribution is 7.98. The molecular weight excluding hydrogens is 377 g/mol. The van der Waals surface area contributed by atoms with Gasteiger partial charge in [0, 0.05) is 27.4 Å². The minimum absolute atomic E-state index is 0.0152. The number of nitrogen functional groups attached to an aromatic ring is 1. The van der Waals surface area contributed by atoms with Gasteiger partial charge in [0.25, 0.3) is 0 Å². The Hall–Kier alpha value is -1.69. The van der Waals surface area contributed by atoms with Crippen LogP contribution in [0.3, 0.4) is 0 Å². The molecule has 0 saturated heterocycles. The summed E-state index contributed by atoms with van der Waals surface area (Å²) in [7, 11) is 0. The lowest BCUT2D eigenvalue weighted by Gasteiger charge is -2.20. The van der Waals surface area contributed by atoms with Gasteiger partial charge in [-0.05, 0) is 42.3 Å². The first kappa shape index (κ1) is 18.1. The summed E-state index contributed by atoms with van der Waals surface area (Å²) in [5, 5.41) is 5.17. The van der Waals surface area contributed by atoms with Crippen molar-refractivity contribution in [2.24, 2.45) is 0 Å². The lowest BCUT2D eigenvalue weighted by Crippen LogP contribution is -2.08. The van der Waals surface area contributed by atoms with Crippen LogP contribution >= 0.6 is 35.0 Å². The Morgan fingerprint density at radius 3 is 2.68 bits per heavy atom. The smallest absolute Gasteiger partial charge is 0.236 e. The van der Waals surface area contributed by atoms with Gasteiger partial charge >= 0.3 is 0 Å². The maximum atomic E-state index is 6.44. The normalized spacial score (nSPS) is 12.3. The van der Waals surface area contributed by atoms with Crippen LogP contribution in [0.25, 0.3) is 0 Å².